The lowest BCUT2D eigenvalue weighted by atomic mass is 10.1. The van der Waals surface area contributed by atoms with Gasteiger partial charge in [0.1, 0.15) is 0 Å². The van der Waals surface area contributed by atoms with Crippen molar-refractivity contribution in [3.63, 3.8) is 0 Å². The van der Waals surface area contributed by atoms with E-state index in [-0.39, 0.29) is 18.1 Å². The Kier molecular flexibility index (Phi) is 3.58. The zero-order chi connectivity index (χ0) is 15.1. The van der Waals surface area contributed by atoms with Crippen LogP contribution < -0.4 is 0 Å². The van der Waals surface area contributed by atoms with Gasteiger partial charge in [0.2, 0.25) is 0 Å². The molecule has 5 nitrogen and oxygen atoms in total. The van der Waals surface area contributed by atoms with Crippen LogP contribution >= 0.6 is 11.8 Å². The lowest BCUT2D eigenvalue weighted by Crippen LogP contribution is -2.51. The minimum atomic E-state index is 0.0456. The number of morpholine rings is 1. The molecule has 2 aromatic heterocycles. The lowest BCUT2D eigenvalue weighted by molar-refractivity contribution is -0.0446. The van der Waals surface area contributed by atoms with Crippen LogP contribution in [-0.2, 0) is 4.74 Å². The van der Waals surface area contributed by atoms with E-state index in [1.807, 2.05) is 40.0 Å². The third-order valence-electron chi connectivity index (χ3n) is 4.64. The maximum atomic E-state index is 13.1. The highest BCUT2D eigenvalue weighted by molar-refractivity contribution is 7.98. The van der Waals surface area contributed by atoms with Crippen molar-refractivity contribution in [2.45, 2.75) is 36.6 Å². The number of hydrogen-bond donors (Lipinski definition) is 0. The number of carbonyl (C=O) groups excluding carboxylic acids is 1. The Bertz CT molecular complexity index is 714. The zero-order valence-corrected chi connectivity index (χ0v) is 13.4. The molecule has 116 valence electrons. The summed E-state index contributed by atoms with van der Waals surface area (Å²) in [4.78, 5) is 19.6. The highest BCUT2D eigenvalue weighted by Gasteiger charge is 2.39. The van der Waals surface area contributed by atoms with Gasteiger partial charge in [0.25, 0.3) is 5.91 Å². The van der Waals surface area contributed by atoms with Crippen LogP contribution in [0.15, 0.2) is 29.6 Å². The quantitative estimate of drug-likeness (QED) is 0.798. The second-order valence-corrected chi connectivity index (χ2v) is 6.58. The number of rotatable bonds is 2. The van der Waals surface area contributed by atoms with Gasteiger partial charge in [0, 0.05) is 12.7 Å². The van der Waals surface area contributed by atoms with Crippen LogP contribution in [0.3, 0.4) is 0 Å². The number of hydrogen-bond acceptors (Lipinski definition) is 4. The minimum Gasteiger partial charge on any atom is -0.374 e. The second kappa shape index (κ2) is 5.59. The second-order valence-electron chi connectivity index (χ2n) is 5.81. The number of thioether (sulfide) groups is 1. The molecule has 2 aromatic rings. The van der Waals surface area contributed by atoms with Crippen LogP contribution in [0.1, 0.15) is 29.8 Å². The van der Waals surface area contributed by atoms with E-state index in [4.69, 9.17) is 4.74 Å². The number of carbonyl (C=O) groups is 1. The largest absolute Gasteiger partial charge is 0.374 e. The maximum absolute atomic E-state index is 13.1. The molecule has 2 aliphatic rings. The van der Waals surface area contributed by atoms with Gasteiger partial charge in [-0.05, 0) is 37.7 Å². The Morgan fingerprint density at radius 1 is 1.41 bits per heavy atom. The summed E-state index contributed by atoms with van der Waals surface area (Å²) in [5.74, 6) is 0.0456. The first-order valence-electron chi connectivity index (χ1n) is 7.73. The van der Waals surface area contributed by atoms with E-state index in [0.717, 1.165) is 29.9 Å². The molecule has 0 radical (unpaired) electrons. The summed E-state index contributed by atoms with van der Waals surface area (Å²) in [5.41, 5.74) is 1.45. The monoisotopic (exact) mass is 317 g/mol. The molecule has 0 bridgehead atoms. The summed E-state index contributed by atoms with van der Waals surface area (Å²) in [6.45, 7) is 1.30. The highest BCUT2D eigenvalue weighted by atomic mass is 32.2. The Morgan fingerprint density at radius 2 is 2.32 bits per heavy atom. The third-order valence-corrected chi connectivity index (χ3v) is 5.30. The molecule has 4 rings (SSSR count). The van der Waals surface area contributed by atoms with Crippen molar-refractivity contribution < 1.29 is 9.53 Å². The fourth-order valence-electron chi connectivity index (χ4n) is 3.62. The van der Waals surface area contributed by atoms with E-state index in [9.17, 15) is 4.79 Å². The van der Waals surface area contributed by atoms with Crippen LogP contribution in [0, 0.1) is 0 Å². The average molecular weight is 317 g/mol. The van der Waals surface area contributed by atoms with Crippen LogP contribution in [0.5, 0.6) is 0 Å². The van der Waals surface area contributed by atoms with Gasteiger partial charge >= 0.3 is 0 Å². The first-order chi connectivity index (χ1) is 10.8. The van der Waals surface area contributed by atoms with Crippen molar-refractivity contribution >= 4 is 23.2 Å². The fraction of sp³-hybridized carbons (Fsp3) is 0.500. The van der Waals surface area contributed by atoms with Gasteiger partial charge in [-0.15, -0.1) is 0 Å². The van der Waals surface area contributed by atoms with Gasteiger partial charge in [-0.3, -0.25) is 9.20 Å². The van der Waals surface area contributed by atoms with Gasteiger partial charge in [-0.2, -0.15) is 0 Å². The lowest BCUT2D eigenvalue weighted by Gasteiger charge is -2.37. The standard InChI is InChI=1S/C16H19N3O2S/c1-22-16-17-14(12-5-2-3-8-19(12)16)15(20)18-9-10-21-13-7-4-6-11(13)18/h2-3,5,8,11,13H,4,6-7,9-10H2,1H3/t11-,13-/m0/s1. The Morgan fingerprint density at radius 3 is 3.18 bits per heavy atom. The summed E-state index contributed by atoms with van der Waals surface area (Å²) in [7, 11) is 0. The molecule has 0 unspecified atom stereocenters. The maximum Gasteiger partial charge on any atom is 0.275 e. The Labute approximate surface area is 133 Å². The molecule has 2 atom stereocenters. The molecule has 2 fully saturated rings. The van der Waals surface area contributed by atoms with Crippen LogP contribution in [0.4, 0.5) is 0 Å². The predicted molar refractivity (Wildman–Crippen MR) is 85.4 cm³/mol. The number of aromatic nitrogens is 2. The summed E-state index contributed by atoms with van der Waals surface area (Å²) in [6.07, 6.45) is 7.40. The molecule has 1 saturated heterocycles. The molecule has 1 aliphatic heterocycles. The van der Waals surface area contributed by atoms with Crippen LogP contribution in [0.25, 0.3) is 5.52 Å². The van der Waals surface area contributed by atoms with Crippen molar-refractivity contribution in [3.8, 4) is 0 Å². The van der Waals surface area contributed by atoms with E-state index in [1.165, 1.54) is 0 Å². The number of nitrogens with zero attached hydrogens (tertiary/aromatic N) is 3. The molecule has 0 spiro atoms. The number of fused-ring (bicyclic) bond motifs is 2. The molecule has 3 heterocycles. The minimum absolute atomic E-state index is 0.0456. The molecule has 6 heteroatoms. The first-order valence-corrected chi connectivity index (χ1v) is 8.95. The Balaban J connectivity index is 1.73. The molecule has 1 aliphatic carbocycles. The van der Waals surface area contributed by atoms with E-state index >= 15 is 0 Å². The fourth-order valence-corrected chi connectivity index (χ4v) is 4.16. The molecule has 0 N–H and O–H groups in total. The number of imidazole rings is 1. The number of ether oxygens (including phenoxy) is 1. The topological polar surface area (TPSA) is 46.8 Å². The van der Waals surface area contributed by atoms with Crippen molar-refractivity contribution in [2.24, 2.45) is 0 Å². The van der Waals surface area contributed by atoms with Crippen molar-refractivity contribution in [3.05, 3.63) is 30.1 Å². The molecule has 1 amide bonds. The summed E-state index contributed by atoms with van der Waals surface area (Å²) in [6, 6.07) is 6.10. The predicted octanol–water partition coefficient (Wildman–Crippen LogP) is 2.45. The summed E-state index contributed by atoms with van der Waals surface area (Å²) in [5, 5.41) is 0.857. The van der Waals surface area contributed by atoms with E-state index < -0.39 is 0 Å². The highest BCUT2D eigenvalue weighted by Crippen LogP contribution is 2.31. The van der Waals surface area contributed by atoms with Gasteiger partial charge in [0.15, 0.2) is 10.9 Å². The van der Waals surface area contributed by atoms with Gasteiger partial charge < -0.3 is 9.64 Å². The smallest absolute Gasteiger partial charge is 0.275 e. The van der Waals surface area contributed by atoms with Crippen molar-refractivity contribution in [1.82, 2.24) is 14.3 Å². The SMILES string of the molecule is CSc1nc(C(=O)N2CCO[C@H]3CCC[C@@H]32)c2ccccn12. The van der Waals surface area contributed by atoms with Gasteiger partial charge in [-0.25, -0.2) is 4.98 Å². The van der Waals surface area contributed by atoms with Crippen LogP contribution in [0.2, 0.25) is 0 Å². The van der Waals surface area contributed by atoms with Crippen molar-refractivity contribution in [2.75, 3.05) is 19.4 Å². The average Bonchev–Trinajstić information content (AvgIpc) is 3.18. The van der Waals surface area contributed by atoms with Crippen LogP contribution in [-0.4, -0.2) is 51.7 Å². The number of amides is 1. The van der Waals surface area contributed by atoms with Gasteiger partial charge in [-0.1, -0.05) is 17.8 Å². The third kappa shape index (κ3) is 2.13. The van der Waals surface area contributed by atoms with E-state index in [1.54, 1.807) is 11.8 Å². The molecule has 22 heavy (non-hydrogen) atoms. The first kappa shape index (κ1) is 14.1. The van der Waals surface area contributed by atoms with E-state index in [2.05, 4.69) is 4.98 Å². The molecular weight excluding hydrogens is 298 g/mol. The molecule has 0 aromatic carbocycles. The number of pyridine rings is 1. The summed E-state index contributed by atoms with van der Waals surface area (Å²) >= 11 is 1.56. The summed E-state index contributed by atoms with van der Waals surface area (Å²) < 4.78 is 7.80. The van der Waals surface area contributed by atoms with Gasteiger partial charge in [0.05, 0.1) is 24.3 Å². The normalized spacial score (nSPS) is 24.7. The zero-order valence-electron chi connectivity index (χ0n) is 12.6. The van der Waals surface area contributed by atoms with Crippen molar-refractivity contribution in [1.29, 1.82) is 0 Å². The molecule has 1 saturated carbocycles. The Hall–Kier alpha value is -1.53. The molecular formula is C16H19N3O2S. The van der Waals surface area contributed by atoms with E-state index in [0.29, 0.717) is 18.8 Å².